The van der Waals surface area contributed by atoms with E-state index < -0.39 is 12.0 Å². The standard InChI is InChI=1S/C20H26N4O3/c1-27-16-4-2-14(3-5-16)18-15(11-22-23-18)12-24-13-20(6-8-21-9-7-20)10-17(24)19(25)26/h2-5,11,17,21H,6-10,12-13H2,1H3,(H,22,23)(H,25,26)/t17-/m0/s1. The van der Waals surface area contributed by atoms with Crippen LogP contribution in [0.15, 0.2) is 30.5 Å². The number of aromatic nitrogens is 2. The number of piperidine rings is 1. The van der Waals surface area contributed by atoms with Crippen LogP contribution in [0, 0.1) is 5.41 Å². The SMILES string of the molecule is COc1ccc(-c2[nH]ncc2CN2CC3(CCNCC3)C[C@H]2C(=O)O)cc1. The van der Waals surface area contributed by atoms with E-state index in [-0.39, 0.29) is 5.41 Å². The molecule has 0 amide bonds. The molecule has 7 nitrogen and oxygen atoms in total. The molecule has 1 aromatic carbocycles. The minimum Gasteiger partial charge on any atom is -0.497 e. The number of carboxylic acids is 1. The third-order valence-electron chi connectivity index (χ3n) is 6.02. The van der Waals surface area contributed by atoms with E-state index >= 15 is 0 Å². The second-order valence-corrected chi connectivity index (χ2v) is 7.71. The second kappa shape index (κ2) is 7.32. The number of nitrogens with one attached hydrogen (secondary N) is 2. The van der Waals surface area contributed by atoms with Crippen LogP contribution in [-0.2, 0) is 11.3 Å². The van der Waals surface area contributed by atoms with E-state index in [1.54, 1.807) is 7.11 Å². The van der Waals surface area contributed by atoms with Crippen molar-refractivity contribution in [3.05, 3.63) is 36.0 Å². The zero-order chi connectivity index (χ0) is 18.9. The van der Waals surface area contributed by atoms with Crippen molar-refractivity contribution in [3.63, 3.8) is 0 Å². The molecule has 7 heteroatoms. The Morgan fingerprint density at radius 3 is 2.74 bits per heavy atom. The number of rotatable bonds is 5. The first-order valence-electron chi connectivity index (χ1n) is 9.44. The Kier molecular flexibility index (Phi) is 4.88. The number of benzene rings is 1. The quantitative estimate of drug-likeness (QED) is 0.747. The van der Waals surface area contributed by atoms with Crippen molar-refractivity contribution in [2.24, 2.45) is 5.41 Å². The number of H-pyrrole nitrogens is 1. The summed E-state index contributed by atoms with van der Waals surface area (Å²) in [7, 11) is 1.65. The lowest BCUT2D eigenvalue weighted by Gasteiger charge is -2.33. The van der Waals surface area contributed by atoms with E-state index in [2.05, 4.69) is 20.4 Å². The largest absolute Gasteiger partial charge is 0.497 e. The van der Waals surface area contributed by atoms with Crippen molar-refractivity contribution >= 4 is 5.97 Å². The zero-order valence-corrected chi connectivity index (χ0v) is 15.6. The van der Waals surface area contributed by atoms with Gasteiger partial charge in [0.2, 0.25) is 0 Å². The van der Waals surface area contributed by atoms with Gasteiger partial charge >= 0.3 is 5.97 Å². The van der Waals surface area contributed by atoms with E-state index in [0.29, 0.717) is 6.54 Å². The predicted molar refractivity (Wildman–Crippen MR) is 102 cm³/mol. The first-order chi connectivity index (χ1) is 13.1. The topological polar surface area (TPSA) is 90.5 Å². The lowest BCUT2D eigenvalue weighted by atomic mass is 9.77. The summed E-state index contributed by atoms with van der Waals surface area (Å²) < 4.78 is 5.22. The Labute approximate surface area is 158 Å². The molecule has 0 bridgehead atoms. The lowest BCUT2D eigenvalue weighted by molar-refractivity contribution is -0.142. The fourth-order valence-electron chi connectivity index (χ4n) is 4.53. The molecular formula is C20H26N4O3. The Bertz CT molecular complexity index is 796. The number of carboxylic acid groups (broad SMARTS) is 1. The highest BCUT2D eigenvalue weighted by Gasteiger charge is 2.47. The number of hydrogen-bond acceptors (Lipinski definition) is 5. The van der Waals surface area contributed by atoms with Gasteiger partial charge < -0.3 is 15.2 Å². The number of methoxy groups -OCH3 is 1. The van der Waals surface area contributed by atoms with Gasteiger partial charge in [0.1, 0.15) is 11.8 Å². The normalized spacial score (nSPS) is 22.2. The third-order valence-corrected chi connectivity index (χ3v) is 6.02. The maximum absolute atomic E-state index is 11.9. The Morgan fingerprint density at radius 2 is 2.07 bits per heavy atom. The molecular weight excluding hydrogens is 344 g/mol. The van der Waals surface area contributed by atoms with Gasteiger partial charge in [0, 0.05) is 24.2 Å². The summed E-state index contributed by atoms with van der Waals surface area (Å²) in [5.74, 6) is 0.0815. The summed E-state index contributed by atoms with van der Waals surface area (Å²) in [4.78, 5) is 14.0. The summed E-state index contributed by atoms with van der Waals surface area (Å²) in [5.41, 5.74) is 3.11. The van der Waals surface area contributed by atoms with Crippen LogP contribution in [0.4, 0.5) is 0 Å². The highest BCUT2D eigenvalue weighted by Crippen LogP contribution is 2.43. The summed E-state index contributed by atoms with van der Waals surface area (Å²) in [6.45, 7) is 3.37. The van der Waals surface area contributed by atoms with Gasteiger partial charge in [-0.15, -0.1) is 0 Å². The maximum atomic E-state index is 11.9. The molecule has 1 aromatic heterocycles. The van der Waals surface area contributed by atoms with E-state index in [4.69, 9.17) is 4.74 Å². The Balaban J connectivity index is 1.56. The van der Waals surface area contributed by atoms with E-state index in [1.807, 2.05) is 30.5 Å². The average Bonchev–Trinajstić information content (AvgIpc) is 3.28. The van der Waals surface area contributed by atoms with Crippen molar-refractivity contribution in [3.8, 4) is 17.0 Å². The van der Waals surface area contributed by atoms with Crippen LogP contribution in [0.2, 0.25) is 0 Å². The fourth-order valence-corrected chi connectivity index (χ4v) is 4.53. The molecule has 2 aliphatic rings. The van der Waals surface area contributed by atoms with Crippen LogP contribution in [0.1, 0.15) is 24.8 Å². The van der Waals surface area contributed by atoms with Gasteiger partial charge in [-0.2, -0.15) is 5.10 Å². The van der Waals surface area contributed by atoms with Gasteiger partial charge in [0.05, 0.1) is 19.0 Å². The second-order valence-electron chi connectivity index (χ2n) is 7.71. The Morgan fingerprint density at radius 1 is 1.33 bits per heavy atom. The van der Waals surface area contributed by atoms with Gasteiger partial charge in [-0.25, -0.2) is 0 Å². The number of likely N-dealkylation sites (tertiary alicyclic amines) is 1. The van der Waals surface area contributed by atoms with Crippen LogP contribution in [0.3, 0.4) is 0 Å². The molecule has 144 valence electrons. The van der Waals surface area contributed by atoms with E-state index in [0.717, 1.165) is 61.5 Å². The molecule has 0 unspecified atom stereocenters. The molecule has 3 heterocycles. The summed E-state index contributed by atoms with van der Waals surface area (Å²) in [6, 6.07) is 7.38. The monoisotopic (exact) mass is 370 g/mol. The zero-order valence-electron chi connectivity index (χ0n) is 15.6. The van der Waals surface area contributed by atoms with Crippen LogP contribution in [0.25, 0.3) is 11.3 Å². The fraction of sp³-hybridized carbons (Fsp3) is 0.500. The third kappa shape index (κ3) is 3.57. The first-order valence-corrected chi connectivity index (χ1v) is 9.44. The van der Waals surface area contributed by atoms with Crippen molar-refractivity contribution in [1.82, 2.24) is 20.4 Å². The van der Waals surface area contributed by atoms with Crippen molar-refractivity contribution < 1.29 is 14.6 Å². The molecule has 2 aromatic rings. The first kappa shape index (κ1) is 18.0. The summed E-state index contributed by atoms with van der Waals surface area (Å²) in [6.07, 6.45) is 4.64. The molecule has 3 N–H and O–H groups in total. The highest BCUT2D eigenvalue weighted by molar-refractivity contribution is 5.74. The summed E-state index contributed by atoms with van der Waals surface area (Å²) in [5, 5.41) is 20.5. The van der Waals surface area contributed by atoms with Gasteiger partial charge in [-0.1, -0.05) is 0 Å². The molecule has 0 saturated carbocycles. The Hall–Kier alpha value is -2.38. The molecule has 1 spiro atoms. The molecule has 2 fully saturated rings. The number of aliphatic carboxylic acids is 1. The van der Waals surface area contributed by atoms with Gasteiger partial charge in [-0.3, -0.25) is 14.8 Å². The minimum atomic E-state index is -0.722. The highest BCUT2D eigenvalue weighted by atomic mass is 16.5. The van der Waals surface area contributed by atoms with Crippen LogP contribution in [-0.4, -0.2) is 59.0 Å². The number of carbonyl (C=O) groups is 1. The average molecular weight is 370 g/mol. The van der Waals surface area contributed by atoms with Gasteiger partial charge in [0.25, 0.3) is 0 Å². The smallest absolute Gasteiger partial charge is 0.320 e. The predicted octanol–water partition coefficient (Wildman–Crippen LogP) is 2.11. The minimum absolute atomic E-state index is 0.123. The van der Waals surface area contributed by atoms with Gasteiger partial charge in [0.15, 0.2) is 0 Å². The van der Waals surface area contributed by atoms with Crippen LogP contribution < -0.4 is 10.1 Å². The number of ether oxygens (including phenoxy) is 1. The molecule has 2 saturated heterocycles. The molecule has 1 atom stereocenters. The maximum Gasteiger partial charge on any atom is 0.320 e. The molecule has 27 heavy (non-hydrogen) atoms. The van der Waals surface area contributed by atoms with Crippen molar-refractivity contribution in [2.45, 2.75) is 31.8 Å². The number of aromatic amines is 1. The lowest BCUT2D eigenvalue weighted by Crippen LogP contribution is -2.38. The molecule has 4 rings (SSSR count). The number of hydrogen-bond donors (Lipinski definition) is 3. The molecule has 0 aliphatic carbocycles. The van der Waals surface area contributed by atoms with E-state index in [9.17, 15) is 9.90 Å². The van der Waals surface area contributed by atoms with Crippen molar-refractivity contribution in [2.75, 3.05) is 26.7 Å². The van der Waals surface area contributed by atoms with Crippen LogP contribution >= 0.6 is 0 Å². The van der Waals surface area contributed by atoms with Gasteiger partial charge in [-0.05, 0) is 62.0 Å². The van der Waals surface area contributed by atoms with Crippen molar-refractivity contribution in [1.29, 1.82) is 0 Å². The molecule has 0 radical (unpaired) electrons. The summed E-state index contributed by atoms with van der Waals surface area (Å²) >= 11 is 0. The number of nitrogens with zero attached hydrogens (tertiary/aromatic N) is 2. The van der Waals surface area contributed by atoms with Crippen LogP contribution in [0.5, 0.6) is 5.75 Å². The molecule has 2 aliphatic heterocycles. The van der Waals surface area contributed by atoms with E-state index in [1.165, 1.54) is 0 Å².